The van der Waals surface area contributed by atoms with E-state index in [1.165, 1.54) is 13.3 Å². The third-order valence-electron chi connectivity index (χ3n) is 7.10. The van der Waals surface area contributed by atoms with Gasteiger partial charge in [0.1, 0.15) is 0 Å². The number of aromatic nitrogens is 6. The molecule has 0 saturated carbocycles. The molecule has 0 spiro atoms. The third kappa shape index (κ3) is 6.45. The summed E-state index contributed by atoms with van der Waals surface area (Å²) in [6.45, 7) is 1.44. The molecule has 4 aromatic rings. The lowest BCUT2D eigenvalue weighted by Gasteiger charge is -2.23. The number of hydrogen-bond donors (Lipinski definition) is 1. The number of carboxylic acids is 1. The third-order valence-corrected chi connectivity index (χ3v) is 7.75. The van der Waals surface area contributed by atoms with Crippen LogP contribution in [0.3, 0.4) is 0 Å². The largest absolute Gasteiger partial charge is 0.481 e. The zero-order valence-corrected chi connectivity index (χ0v) is 24.0. The summed E-state index contributed by atoms with van der Waals surface area (Å²) < 4.78 is 19.6. The molecule has 0 bridgehead atoms. The van der Waals surface area contributed by atoms with E-state index in [-0.39, 0.29) is 31.3 Å². The minimum atomic E-state index is -0.930. The molecule has 6 heterocycles. The van der Waals surface area contributed by atoms with Gasteiger partial charge in [-0.15, -0.1) is 0 Å². The molecule has 12 nitrogen and oxygen atoms in total. The molecule has 2 atom stereocenters. The number of halogens is 2. The summed E-state index contributed by atoms with van der Waals surface area (Å²) in [6, 6.07) is 0. The van der Waals surface area contributed by atoms with Gasteiger partial charge in [-0.1, -0.05) is 23.2 Å². The van der Waals surface area contributed by atoms with Crippen LogP contribution in [-0.2, 0) is 36.6 Å². The number of carbonyl (C=O) groups excluding carboxylic acids is 1. The van der Waals surface area contributed by atoms with Gasteiger partial charge in [-0.05, 0) is 49.7 Å². The normalized spacial score (nSPS) is 19.1. The number of pyridine rings is 2. The molecule has 0 radical (unpaired) electrons. The topological polar surface area (TPSA) is 143 Å². The van der Waals surface area contributed by atoms with Crippen LogP contribution in [0.25, 0.3) is 22.1 Å². The molecule has 14 heteroatoms. The lowest BCUT2D eigenvalue weighted by atomic mass is 10.1. The van der Waals surface area contributed by atoms with E-state index in [1.54, 1.807) is 28.0 Å². The lowest BCUT2D eigenvalue weighted by Crippen LogP contribution is -2.19. The summed E-state index contributed by atoms with van der Waals surface area (Å²) >= 11 is 12.2. The highest BCUT2D eigenvalue weighted by molar-refractivity contribution is 6.32. The molecule has 218 valence electrons. The molecular weight excluding hydrogens is 575 g/mol. The molecule has 0 aromatic carbocycles. The van der Waals surface area contributed by atoms with E-state index < -0.39 is 5.97 Å². The molecule has 6 rings (SSSR count). The van der Waals surface area contributed by atoms with Gasteiger partial charge < -0.3 is 19.3 Å². The minimum Gasteiger partial charge on any atom is -0.481 e. The van der Waals surface area contributed by atoms with Gasteiger partial charge in [-0.3, -0.25) is 9.59 Å². The van der Waals surface area contributed by atoms with Crippen molar-refractivity contribution in [2.24, 2.45) is 0 Å². The highest BCUT2D eigenvalue weighted by Crippen LogP contribution is 2.31. The maximum Gasteiger partial charge on any atom is 0.310 e. The Hall–Kier alpha value is -3.32. The van der Waals surface area contributed by atoms with Crippen LogP contribution in [-0.4, -0.2) is 66.9 Å². The highest BCUT2D eigenvalue weighted by Gasteiger charge is 2.23. The minimum absolute atomic E-state index is 0.101. The van der Waals surface area contributed by atoms with Gasteiger partial charge in [0.25, 0.3) is 0 Å². The van der Waals surface area contributed by atoms with E-state index in [4.69, 9.17) is 42.5 Å². The summed E-state index contributed by atoms with van der Waals surface area (Å²) in [6.07, 6.45) is 12.2. The number of hydrogen-bond acceptors (Lipinski definition) is 9. The fourth-order valence-corrected chi connectivity index (χ4v) is 5.46. The van der Waals surface area contributed by atoms with Gasteiger partial charge in [0.2, 0.25) is 0 Å². The van der Waals surface area contributed by atoms with Crippen molar-refractivity contribution in [2.75, 3.05) is 20.3 Å². The molecule has 2 unspecified atom stereocenters. The number of nitrogens with zero attached hydrogens (tertiary/aromatic N) is 6. The van der Waals surface area contributed by atoms with Gasteiger partial charge in [0, 0.05) is 36.4 Å². The number of fused-ring (bicyclic) bond motifs is 2. The molecule has 41 heavy (non-hydrogen) atoms. The predicted octanol–water partition coefficient (Wildman–Crippen LogP) is 4.91. The first-order valence-electron chi connectivity index (χ1n) is 13.4. The number of ether oxygens (including phenoxy) is 3. The van der Waals surface area contributed by atoms with Crippen molar-refractivity contribution in [3.63, 3.8) is 0 Å². The quantitative estimate of drug-likeness (QED) is 0.301. The van der Waals surface area contributed by atoms with Crippen LogP contribution < -0.4 is 0 Å². The average Bonchev–Trinajstić information content (AvgIpc) is 3.62. The van der Waals surface area contributed by atoms with Crippen LogP contribution in [0.15, 0.2) is 24.8 Å². The maximum absolute atomic E-state index is 11.5. The molecule has 2 aliphatic rings. The van der Waals surface area contributed by atoms with Gasteiger partial charge in [0.05, 0.1) is 42.4 Å². The Kier molecular flexibility index (Phi) is 9.33. The first kappa shape index (κ1) is 29.2. The smallest absolute Gasteiger partial charge is 0.310 e. The summed E-state index contributed by atoms with van der Waals surface area (Å²) in [5, 5.41) is 19.9. The van der Waals surface area contributed by atoms with Gasteiger partial charge in [-0.2, -0.15) is 10.2 Å². The molecule has 2 aliphatic heterocycles. The molecule has 2 fully saturated rings. The summed E-state index contributed by atoms with van der Waals surface area (Å²) in [5.41, 5.74) is 2.55. The zero-order chi connectivity index (χ0) is 28.9. The predicted molar refractivity (Wildman–Crippen MR) is 150 cm³/mol. The number of rotatable bonds is 6. The van der Waals surface area contributed by atoms with Crippen molar-refractivity contribution in [1.29, 1.82) is 0 Å². The summed E-state index contributed by atoms with van der Waals surface area (Å²) in [4.78, 5) is 31.1. The van der Waals surface area contributed by atoms with Crippen LogP contribution in [0.5, 0.6) is 0 Å². The van der Waals surface area contributed by atoms with Crippen molar-refractivity contribution in [3.05, 3.63) is 46.0 Å². The number of carboxylic acid groups (broad SMARTS) is 1. The Morgan fingerprint density at radius 2 is 1.34 bits per heavy atom. The summed E-state index contributed by atoms with van der Waals surface area (Å²) in [5.74, 6) is -1.27. The fraction of sp³-hybridized carbons (Fsp3) is 0.481. The number of esters is 1. The van der Waals surface area contributed by atoms with Crippen molar-refractivity contribution in [1.82, 2.24) is 29.5 Å². The fourth-order valence-electron chi connectivity index (χ4n) is 5.03. The number of aliphatic carboxylic acids is 1. The van der Waals surface area contributed by atoms with Crippen LogP contribution in [0.2, 0.25) is 10.0 Å². The van der Waals surface area contributed by atoms with Gasteiger partial charge >= 0.3 is 11.9 Å². The van der Waals surface area contributed by atoms with Crippen LogP contribution in [0.4, 0.5) is 0 Å². The van der Waals surface area contributed by atoms with Crippen LogP contribution >= 0.6 is 23.2 Å². The van der Waals surface area contributed by atoms with E-state index in [9.17, 15) is 9.59 Å². The Bertz CT molecular complexity index is 1540. The molecule has 4 aromatic heterocycles. The van der Waals surface area contributed by atoms with E-state index in [0.717, 1.165) is 50.5 Å². The Morgan fingerprint density at radius 1 is 0.854 bits per heavy atom. The van der Waals surface area contributed by atoms with E-state index in [2.05, 4.69) is 20.2 Å². The molecule has 2 saturated heterocycles. The number of methoxy groups -OCH3 is 1. The molecular formula is C27H30Cl2N6O6. The second-order valence-electron chi connectivity index (χ2n) is 9.79. The second kappa shape index (κ2) is 13.1. The first-order valence-corrected chi connectivity index (χ1v) is 14.2. The summed E-state index contributed by atoms with van der Waals surface area (Å²) in [7, 11) is 1.36. The van der Waals surface area contributed by atoms with Crippen molar-refractivity contribution < 1.29 is 28.9 Å². The lowest BCUT2D eigenvalue weighted by molar-refractivity contribution is -0.140. The van der Waals surface area contributed by atoms with Crippen LogP contribution in [0, 0.1) is 0 Å². The van der Waals surface area contributed by atoms with Crippen molar-refractivity contribution in [2.45, 2.75) is 63.8 Å². The second-order valence-corrected chi connectivity index (χ2v) is 10.6. The molecule has 0 aliphatic carbocycles. The molecule has 1 N–H and O–H groups in total. The zero-order valence-electron chi connectivity index (χ0n) is 22.5. The first-order chi connectivity index (χ1) is 19.9. The van der Waals surface area contributed by atoms with Gasteiger partial charge in [0.15, 0.2) is 23.8 Å². The molecule has 0 amide bonds. The Balaban J connectivity index is 0.000000165. The van der Waals surface area contributed by atoms with Crippen molar-refractivity contribution >= 4 is 57.2 Å². The maximum atomic E-state index is 11.5. The van der Waals surface area contributed by atoms with E-state index >= 15 is 0 Å². The van der Waals surface area contributed by atoms with E-state index in [0.29, 0.717) is 44.5 Å². The average molecular weight is 605 g/mol. The monoisotopic (exact) mass is 604 g/mol. The van der Waals surface area contributed by atoms with Crippen molar-refractivity contribution in [3.8, 4) is 0 Å². The van der Waals surface area contributed by atoms with Gasteiger partial charge in [-0.25, -0.2) is 19.3 Å². The highest BCUT2D eigenvalue weighted by atomic mass is 35.5. The van der Waals surface area contributed by atoms with Crippen LogP contribution in [0.1, 0.15) is 62.1 Å². The Morgan fingerprint density at radius 3 is 1.76 bits per heavy atom. The number of carbonyl (C=O) groups is 2. The SMILES string of the molecule is COC(=O)Cc1c(Cl)cnc2c1cnn2C1CCCCO1.O=C(O)Cc1c(Cl)cnc2c1cnn2C1CCCCO1. The Labute approximate surface area is 245 Å². The van der Waals surface area contributed by atoms with E-state index in [1.807, 2.05) is 0 Å². The standard InChI is InChI=1S/C14H16ClN3O3.C13H14ClN3O3/c1-20-13(19)6-9-10-7-17-18(12-4-2-3-5-21-12)14(10)16-8-11(9)15;14-10-7-15-13-9(8(10)5-12(18)19)6-16-17(13)11-3-1-2-4-20-11/h7-8,12H,2-6H2,1H3;6-7,11H,1-5H2,(H,18,19).